The number of aromatic nitrogens is 1. The number of halogens is 2. The van der Waals surface area contributed by atoms with E-state index >= 15 is 0 Å². The second-order valence-electron chi connectivity index (χ2n) is 8.78. The maximum Gasteiger partial charge on any atom is 0.0540 e. The molecule has 0 aliphatic heterocycles. The van der Waals surface area contributed by atoms with Crippen molar-refractivity contribution in [3.63, 3.8) is 0 Å². The molecule has 0 saturated heterocycles. The molecule has 0 bridgehead atoms. The molecule has 1 nitrogen and oxygen atoms in total. The molecule has 3 heteroatoms. The normalized spacial score (nSPS) is 12.8. The molecular formula is C22H25BrClN. The van der Waals surface area contributed by atoms with E-state index in [9.17, 15) is 0 Å². The van der Waals surface area contributed by atoms with Gasteiger partial charge in [0.1, 0.15) is 0 Å². The minimum atomic E-state index is 0.0548. The maximum atomic E-state index is 6.42. The van der Waals surface area contributed by atoms with Gasteiger partial charge in [-0.2, -0.15) is 0 Å². The first kappa shape index (κ1) is 18.5. The van der Waals surface area contributed by atoms with Crippen molar-refractivity contribution < 1.29 is 0 Å². The van der Waals surface area contributed by atoms with Crippen LogP contribution < -0.4 is 0 Å². The van der Waals surface area contributed by atoms with Crippen LogP contribution in [0.15, 0.2) is 47.1 Å². The predicted molar refractivity (Wildman–Crippen MR) is 113 cm³/mol. The molecule has 1 aromatic heterocycles. The molecule has 0 atom stereocenters. The molecule has 0 amide bonds. The fourth-order valence-corrected chi connectivity index (χ4v) is 3.77. The first-order valence-electron chi connectivity index (χ1n) is 8.59. The van der Waals surface area contributed by atoms with E-state index in [1.165, 1.54) is 22.0 Å². The lowest BCUT2D eigenvalue weighted by molar-refractivity contribution is 0.589. The summed E-state index contributed by atoms with van der Waals surface area (Å²) in [4.78, 5) is 0. The van der Waals surface area contributed by atoms with Crippen LogP contribution in [0.25, 0.3) is 16.6 Å². The fraction of sp³-hybridized carbons (Fsp3) is 0.364. The Labute approximate surface area is 164 Å². The standard InChI is InChI=1S/C22H25BrClN/c1-21(2,3)14-7-8-20-18(11-14)19(23)13-25(20)17-10-15(22(4,5)6)9-16(24)12-17/h7-13H,1-6H3. The molecule has 2 aromatic carbocycles. The number of hydrogen-bond acceptors (Lipinski definition) is 0. The van der Waals surface area contributed by atoms with Crippen LogP contribution in [0.5, 0.6) is 0 Å². The van der Waals surface area contributed by atoms with Crippen LogP contribution in [-0.4, -0.2) is 4.57 Å². The summed E-state index contributed by atoms with van der Waals surface area (Å²) >= 11 is 10.2. The van der Waals surface area contributed by atoms with Crippen molar-refractivity contribution in [2.75, 3.05) is 0 Å². The molecule has 132 valence electrons. The Balaban J connectivity index is 2.22. The van der Waals surface area contributed by atoms with Crippen LogP contribution in [0.3, 0.4) is 0 Å². The summed E-state index contributed by atoms with van der Waals surface area (Å²) in [6.45, 7) is 13.4. The minimum Gasteiger partial charge on any atom is -0.315 e. The summed E-state index contributed by atoms with van der Waals surface area (Å²) in [5.74, 6) is 0. The van der Waals surface area contributed by atoms with Crippen LogP contribution in [-0.2, 0) is 10.8 Å². The summed E-state index contributed by atoms with van der Waals surface area (Å²) in [5.41, 5.74) is 5.03. The fourth-order valence-electron chi connectivity index (χ4n) is 3.02. The SMILES string of the molecule is CC(C)(C)c1cc(Cl)cc(-n2cc(Br)c3cc(C(C)(C)C)ccc32)c1. The summed E-state index contributed by atoms with van der Waals surface area (Å²) in [7, 11) is 0. The van der Waals surface area contributed by atoms with Crippen molar-refractivity contribution in [1.82, 2.24) is 4.57 Å². The molecular weight excluding hydrogens is 394 g/mol. The summed E-state index contributed by atoms with van der Waals surface area (Å²) in [6.07, 6.45) is 2.13. The molecule has 0 N–H and O–H groups in total. The largest absolute Gasteiger partial charge is 0.315 e. The van der Waals surface area contributed by atoms with Gasteiger partial charge < -0.3 is 4.57 Å². The Hall–Kier alpha value is -1.25. The van der Waals surface area contributed by atoms with Gasteiger partial charge in [-0.25, -0.2) is 0 Å². The summed E-state index contributed by atoms with van der Waals surface area (Å²) < 4.78 is 3.32. The molecule has 0 unspecified atom stereocenters. The third kappa shape index (κ3) is 3.66. The lowest BCUT2D eigenvalue weighted by Crippen LogP contribution is -2.12. The molecule has 0 aliphatic carbocycles. The number of hydrogen-bond donors (Lipinski definition) is 0. The Bertz CT molecular complexity index is 939. The second-order valence-corrected chi connectivity index (χ2v) is 10.1. The zero-order valence-corrected chi connectivity index (χ0v) is 18.1. The van der Waals surface area contributed by atoms with Crippen LogP contribution >= 0.6 is 27.5 Å². The van der Waals surface area contributed by atoms with Crippen molar-refractivity contribution in [2.45, 2.75) is 52.4 Å². The van der Waals surface area contributed by atoms with E-state index in [0.29, 0.717) is 0 Å². The van der Waals surface area contributed by atoms with Gasteiger partial charge in [-0.05, 0) is 68.2 Å². The van der Waals surface area contributed by atoms with Crippen LogP contribution in [0, 0.1) is 0 Å². The molecule has 0 aliphatic rings. The summed E-state index contributed by atoms with van der Waals surface area (Å²) in [6, 6.07) is 13.0. The van der Waals surface area contributed by atoms with Crippen molar-refractivity contribution >= 4 is 38.4 Å². The average molecular weight is 419 g/mol. The van der Waals surface area contributed by atoms with Crippen molar-refractivity contribution in [3.8, 4) is 5.69 Å². The third-order valence-electron chi connectivity index (χ3n) is 4.65. The highest BCUT2D eigenvalue weighted by molar-refractivity contribution is 9.10. The first-order valence-corrected chi connectivity index (χ1v) is 9.76. The van der Waals surface area contributed by atoms with E-state index in [0.717, 1.165) is 15.2 Å². The van der Waals surface area contributed by atoms with E-state index in [1.807, 2.05) is 6.07 Å². The molecule has 1 heterocycles. The highest BCUT2D eigenvalue weighted by atomic mass is 79.9. The van der Waals surface area contributed by atoms with Gasteiger partial charge in [0.15, 0.2) is 0 Å². The van der Waals surface area contributed by atoms with E-state index in [-0.39, 0.29) is 10.8 Å². The van der Waals surface area contributed by atoms with E-state index in [2.05, 4.69) is 98.6 Å². The molecule has 0 spiro atoms. The van der Waals surface area contributed by atoms with Crippen molar-refractivity contribution in [1.29, 1.82) is 0 Å². The van der Waals surface area contributed by atoms with Gasteiger partial charge in [-0.3, -0.25) is 0 Å². The van der Waals surface area contributed by atoms with E-state index in [1.54, 1.807) is 0 Å². The number of fused-ring (bicyclic) bond motifs is 1. The highest BCUT2D eigenvalue weighted by Crippen LogP contribution is 2.35. The first-order chi connectivity index (χ1) is 11.5. The lowest BCUT2D eigenvalue weighted by atomic mass is 9.86. The minimum absolute atomic E-state index is 0.0548. The molecule has 3 aromatic rings. The Morgan fingerprint density at radius 2 is 1.48 bits per heavy atom. The third-order valence-corrected chi connectivity index (χ3v) is 5.50. The number of benzene rings is 2. The van der Waals surface area contributed by atoms with Gasteiger partial charge in [0.25, 0.3) is 0 Å². The van der Waals surface area contributed by atoms with Gasteiger partial charge >= 0.3 is 0 Å². The Morgan fingerprint density at radius 1 is 0.840 bits per heavy atom. The topological polar surface area (TPSA) is 4.93 Å². The summed E-state index contributed by atoms with van der Waals surface area (Å²) in [5, 5.41) is 2.00. The monoisotopic (exact) mass is 417 g/mol. The maximum absolute atomic E-state index is 6.42. The van der Waals surface area contributed by atoms with Crippen LogP contribution in [0.4, 0.5) is 0 Å². The quantitative estimate of drug-likeness (QED) is 0.382. The van der Waals surface area contributed by atoms with Crippen molar-refractivity contribution in [2.24, 2.45) is 0 Å². The van der Waals surface area contributed by atoms with Gasteiger partial charge in [0.2, 0.25) is 0 Å². The van der Waals surface area contributed by atoms with E-state index in [4.69, 9.17) is 11.6 Å². The Kier molecular flexibility index (Phi) is 4.58. The molecule has 25 heavy (non-hydrogen) atoms. The molecule has 0 fully saturated rings. The average Bonchev–Trinajstić information content (AvgIpc) is 2.82. The lowest BCUT2D eigenvalue weighted by Gasteiger charge is -2.21. The Morgan fingerprint density at radius 3 is 2.08 bits per heavy atom. The van der Waals surface area contributed by atoms with Crippen LogP contribution in [0.2, 0.25) is 5.02 Å². The smallest absolute Gasteiger partial charge is 0.0540 e. The predicted octanol–water partition coefficient (Wildman–Crippen LogP) is 7.64. The zero-order chi connectivity index (χ0) is 18.6. The highest BCUT2D eigenvalue weighted by Gasteiger charge is 2.19. The van der Waals surface area contributed by atoms with Gasteiger partial charge in [0, 0.05) is 26.8 Å². The van der Waals surface area contributed by atoms with Crippen molar-refractivity contribution in [3.05, 3.63) is 63.2 Å². The molecule has 0 radical (unpaired) electrons. The number of rotatable bonds is 1. The number of nitrogens with zero attached hydrogens (tertiary/aromatic N) is 1. The second kappa shape index (κ2) is 6.17. The van der Waals surface area contributed by atoms with Gasteiger partial charge in [0.05, 0.1) is 5.52 Å². The zero-order valence-electron chi connectivity index (χ0n) is 15.7. The molecule has 0 saturated carbocycles. The van der Waals surface area contributed by atoms with Gasteiger partial charge in [-0.1, -0.05) is 59.2 Å². The van der Waals surface area contributed by atoms with Crippen LogP contribution in [0.1, 0.15) is 52.7 Å². The molecule has 3 rings (SSSR count). The van der Waals surface area contributed by atoms with E-state index < -0.39 is 0 Å². The van der Waals surface area contributed by atoms with Gasteiger partial charge in [-0.15, -0.1) is 0 Å².